The van der Waals surface area contributed by atoms with Crippen LogP contribution in [0.1, 0.15) is 27.2 Å². The predicted octanol–water partition coefficient (Wildman–Crippen LogP) is 5.05. The van der Waals surface area contributed by atoms with Gasteiger partial charge in [0.15, 0.2) is 0 Å². The lowest BCUT2D eigenvalue weighted by atomic mass is 10.1. The van der Waals surface area contributed by atoms with Crippen LogP contribution in [0.15, 0.2) is 48.7 Å². The van der Waals surface area contributed by atoms with Crippen molar-refractivity contribution in [3.63, 3.8) is 0 Å². The van der Waals surface area contributed by atoms with Crippen molar-refractivity contribution in [2.45, 2.75) is 20.8 Å². The number of rotatable bonds is 4. The third-order valence-corrected chi connectivity index (χ3v) is 4.28. The zero-order valence-corrected chi connectivity index (χ0v) is 15.6. The number of hydrogen-bond acceptors (Lipinski definition) is 4. The van der Waals surface area contributed by atoms with Crippen LogP contribution in [-0.2, 0) is 0 Å². The Morgan fingerprint density at radius 1 is 1.00 bits per heavy atom. The average molecular weight is 367 g/mol. The van der Waals surface area contributed by atoms with Crippen LogP contribution < -0.4 is 10.6 Å². The van der Waals surface area contributed by atoms with Crippen molar-refractivity contribution in [3.05, 3.63) is 76.1 Å². The molecule has 0 saturated carbocycles. The second-order valence-corrected chi connectivity index (χ2v) is 6.51. The van der Waals surface area contributed by atoms with E-state index in [0.29, 0.717) is 11.0 Å². The predicted molar refractivity (Wildman–Crippen MR) is 105 cm³/mol. The van der Waals surface area contributed by atoms with E-state index in [4.69, 9.17) is 11.6 Å². The molecule has 6 heteroatoms. The largest absolute Gasteiger partial charge is 0.324 e. The van der Waals surface area contributed by atoms with Gasteiger partial charge in [-0.25, -0.2) is 9.97 Å². The Morgan fingerprint density at radius 3 is 2.42 bits per heavy atom. The van der Waals surface area contributed by atoms with Gasteiger partial charge < -0.3 is 10.6 Å². The molecule has 0 atom stereocenters. The lowest BCUT2D eigenvalue weighted by molar-refractivity contribution is 0.102. The van der Waals surface area contributed by atoms with Gasteiger partial charge >= 0.3 is 0 Å². The maximum absolute atomic E-state index is 12.6. The number of aryl methyl sites for hydroxylation is 3. The fourth-order valence-corrected chi connectivity index (χ4v) is 2.85. The number of nitrogens with zero attached hydrogens (tertiary/aromatic N) is 2. The van der Waals surface area contributed by atoms with Gasteiger partial charge in [-0.05, 0) is 61.7 Å². The summed E-state index contributed by atoms with van der Waals surface area (Å²) in [5, 5.41) is 6.71. The molecule has 5 nitrogen and oxygen atoms in total. The molecular formula is C20H19ClN4O. The lowest BCUT2D eigenvalue weighted by Gasteiger charge is -2.12. The lowest BCUT2D eigenvalue weighted by Crippen LogP contribution is -2.16. The number of anilines is 3. The van der Waals surface area contributed by atoms with Crippen molar-refractivity contribution < 1.29 is 4.79 Å². The van der Waals surface area contributed by atoms with Gasteiger partial charge in [0.2, 0.25) is 5.95 Å². The van der Waals surface area contributed by atoms with Crippen molar-refractivity contribution in [2.75, 3.05) is 10.6 Å². The minimum absolute atomic E-state index is 0.277. The van der Waals surface area contributed by atoms with Crippen molar-refractivity contribution in [2.24, 2.45) is 0 Å². The number of benzene rings is 2. The molecule has 0 radical (unpaired) electrons. The number of carbonyl (C=O) groups excluding carboxylic acids is 1. The summed E-state index contributed by atoms with van der Waals surface area (Å²) >= 11 is 5.98. The molecule has 0 spiro atoms. The summed E-state index contributed by atoms with van der Waals surface area (Å²) in [6, 6.07) is 12.9. The Morgan fingerprint density at radius 2 is 1.73 bits per heavy atom. The topological polar surface area (TPSA) is 66.9 Å². The Balaban J connectivity index is 1.81. The molecule has 0 unspecified atom stereocenters. The molecule has 2 aromatic carbocycles. The monoisotopic (exact) mass is 366 g/mol. The van der Waals surface area contributed by atoms with Crippen LogP contribution >= 0.6 is 11.6 Å². The zero-order valence-electron chi connectivity index (χ0n) is 14.8. The molecule has 132 valence electrons. The number of amides is 1. The van der Waals surface area contributed by atoms with Gasteiger partial charge in [-0.3, -0.25) is 4.79 Å². The second kappa shape index (κ2) is 7.54. The molecule has 2 N–H and O–H groups in total. The van der Waals surface area contributed by atoms with Gasteiger partial charge in [0.25, 0.3) is 5.91 Å². The van der Waals surface area contributed by atoms with E-state index in [0.717, 1.165) is 28.1 Å². The van der Waals surface area contributed by atoms with Crippen molar-refractivity contribution in [3.8, 4) is 0 Å². The maximum Gasteiger partial charge on any atom is 0.274 e. The van der Waals surface area contributed by atoms with Gasteiger partial charge in [0.1, 0.15) is 5.69 Å². The highest BCUT2D eigenvalue weighted by molar-refractivity contribution is 6.30. The van der Waals surface area contributed by atoms with E-state index in [1.54, 1.807) is 18.3 Å². The van der Waals surface area contributed by atoms with E-state index in [1.807, 2.05) is 51.1 Å². The third kappa shape index (κ3) is 4.00. The first-order valence-electron chi connectivity index (χ1n) is 8.18. The smallest absolute Gasteiger partial charge is 0.274 e. The molecule has 3 aromatic rings. The van der Waals surface area contributed by atoms with Gasteiger partial charge in [-0.15, -0.1) is 0 Å². The first kappa shape index (κ1) is 17.9. The molecular weight excluding hydrogens is 348 g/mol. The van der Waals surface area contributed by atoms with E-state index in [2.05, 4.69) is 20.6 Å². The summed E-state index contributed by atoms with van der Waals surface area (Å²) < 4.78 is 0. The maximum atomic E-state index is 12.6. The van der Waals surface area contributed by atoms with Crippen LogP contribution in [-0.4, -0.2) is 15.9 Å². The van der Waals surface area contributed by atoms with Gasteiger partial charge in [-0.1, -0.05) is 29.8 Å². The molecule has 0 bridgehead atoms. The van der Waals surface area contributed by atoms with Crippen molar-refractivity contribution >= 4 is 34.8 Å². The molecule has 0 fully saturated rings. The van der Waals surface area contributed by atoms with E-state index >= 15 is 0 Å². The Bertz CT molecular complexity index is 952. The molecule has 1 amide bonds. The molecule has 26 heavy (non-hydrogen) atoms. The van der Waals surface area contributed by atoms with Gasteiger partial charge in [-0.2, -0.15) is 0 Å². The van der Waals surface area contributed by atoms with Crippen LogP contribution in [0.2, 0.25) is 5.02 Å². The third-order valence-electron chi connectivity index (χ3n) is 4.04. The van der Waals surface area contributed by atoms with E-state index in [9.17, 15) is 4.79 Å². The highest BCUT2D eigenvalue weighted by atomic mass is 35.5. The number of hydrogen-bond donors (Lipinski definition) is 2. The summed E-state index contributed by atoms with van der Waals surface area (Å²) in [5.41, 5.74) is 4.90. The van der Waals surface area contributed by atoms with Crippen LogP contribution in [0.5, 0.6) is 0 Å². The number of halogens is 1. The molecule has 1 heterocycles. The first-order valence-corrected chi connectivity index (χ1v) is 8.55. The van der Waals surface area contributed by atoms with E-state index < -0.39 is 0 Å². The van der Waals surface area contributed by atoms with Gasteiger partial charge in [0, 0.05) is 22.6 Å². The second-order valence-electron chi connectivity index (χ2n) is 6.07. The Kier molecular flexibility index (Phi) is 5.19. The minimum Gasteiger partial charge on any atom is -0.324 e. The summed E-state index contributed by atoms with van der Waals surface area (Å²) in [7, 11) is 0. The van der Waals surface area contributed by atoms with Crippen molar-refractivity contribution in [1.82, 2.24) is 9.97 Å². The average Bonchev–Trinajstić information content (AvgIpc) is 2.61. The number of para-hydroxylation sites is 1. The molecule has 0 aliphatic rings. The van der Waals surface area contributed by atoms with Gasteiger partial charge in [0.05, 0.1) is 0 Å². The summed E-state index contributed by atoms with van der Waals surface area (Å²) in [5.74, 6) is 0.0743. The van der Waals surface area contributed by atoms with Crippen molar-refractivity contribution in [1.29, 1.82) is 0 Å². The summed E-state index contributed by atoms with van der Waals surface area (Å²) in [4.78, 5) is 21.1. The minimum atomic E-state index is -0.277. The SMILES string of the molecule is Cc1cc(Cl)ccc1Nc1nccc(C(=O)Nc2c(C)cccc2C)n1. The number of carbonyl (C=O) groups is 1. The molecule has 3 rings (SSSR count). The number of nitrogens with one attached hydrogen (secondary N) is 2. The summed E-state index contributed by atoms with van der Waals surface area (Å²) in [6.07, 6.45) is 1.56. The first-order chi connectivity index (χ1) is 12.4. The molecule has 0 aliphatic carbocycles. The standard InChI is InChI=1S/C20H19ClN4O/c1-12-5-4-6-13(2)18(12)25-19(26)17-9-10-22-20(24-17)23-16-8-7-15(21)11-14(16)3/h4-11H,1-3H3,(H,25,26)(H,22,23,24). The quantitative estimate of drug-likeness (QED) is 0.678. The number of aromatic nitrogens is 2. The zero-order chi connectivity index (χ0) is 18.7. The van der Waals surface area contributed by atoms with Crippen LogP contribution in [0, 0.1) is 20.8 Å². The summed E-state index contributed by atoms with van der Waals surface area (Å²) in [6.45, 7) is 5.85. The normalized spacial score (nSPS) is 10.5. The fourth-order valence-electron chi connectivity index (χ4n) is 2.62. The van der Waals surface area contributed by atoms with E-state index in [1.165, 1.54) is 0 Å². The van der Waals surface area contributed by atoms with Crippen LogP contribution in [0.25, 0.3) is 0 Å². The Labute approximate surface area is 157 Å². The highest BCUT2D eigenvalue weighted by Gasteiger charge is 2.12. The fraction of sp³-hybridized carbons (Fsp3) is 0.150. The Hall–Kier alpha value is -2.92. The van der Waals surface area contributed by atoms with E-state index in [-0.39, 0.29) is 11.6 Å². The molecule has 1 aromatic heterocycles. The van der Waals surface area contributed by atoms with Crippen LogP contribution in [0.3, 0.4) is 0 Å². The van der Waals surface area contributed by atoms with Crippen LogP contribution in [0.4, 0.5) is 17.3 Å². The highest BCUT2D eigenvalue weighted by Crippen LogP contribution is 2.23. The molecule has 0 aliphatic heterocycles. The molecule has 0 saturated heterocycles.